The summed E-state index contributed by atoms with van der Waals surface area (Å²) >= 11 is 0. The Morgan fingerprint density at radius 1 is 0.746 bits per heavy atom. The molecule has 3 aliphatic heterocycles. The molecule has 10 N–H and O–H groups in total. The number of hydrogen-bond acceptors (Lipinski definition) is 16. The molecule has 0 spiro atoms. The first kappa shape index (κ1) is 47.4. The number of rotatable bonds is 9. The van der Waals surface area contributed by atoms with E-state index in [9.17, 15) is 60.7 Å². The van der Waals surface area contributed by atoms with Crippen LogP contribution in [0.1, 0.15) is 91.9 Å². The van der Waals surface area contributed by atoms with Crippen molar-refractivity contribution in [2.24, 2.45) is 44.8 Å². The van der Waals surface area contributed by atoms with Gasteiger partial charge in [0.05, 0.1) is 31.3 Å². The molecular weight excluding hydrogens is 828 g/mol. The number of carboxylic acids is 2. The lowest BCUT2D eigenvalue weighted by atomic mass is 9.34. The van der Waals surface area contributed by atoms with E-state index in [0.717, 1.165) is 37.7 Å². The van der Waals surface area contributed by atoms with E-state index < -0.39 is 122 Å². The summed E-state index contributed by atoms with van der Waals surface area (Å²) in [5.41, 5.74) is 0.0156. The molecule has 0 radical (unpaired) electrons. The number of aliphatic hydroxyl groups excluding tert-OH is 8. The molecule has 4 saturated carbocycles. The van der Waals surface area contributed by atoms with Crippen LogP contribution in [0.15, 0.2) is 23.8 Å². The third-order valence-corrected chi connectivity index (χ3v) is 18.1. The lowest BCUT2D eigenvalue weighted by molar-refractivity contribution is -0.383. The highest BCUT2D eigenvalue weighted by Gasteiger charge is 2.70. The number of carbonyl (C=O) groups is 2. The molecule has 7 fully saturated rings. The van der Waals surface area contributed by atoms with Crippen LogP contribution in [-0.4, -0.2) is 169 Å². The molecule has 0 aromatic rings. The highest BCUT2D eigenvalue weighted by atomic mass is 16.8. The topological polar surface area (TPSA) is 292 Å². The molecule has 0 aromatic carbocycles. The molecule has 356 valence electrons. The maximum atomic E-state index is 13.0. The van der Waals surface area contributed by atoms with Crippen molar-refractivity contribution in [1.29, 1.82) is 0 Å². The zero-order valence-electron chi connectivity index (χ0n) is 36.5. The highest BCUT2D eigenvalue weighted by molar-refractivity contribution is 5.77. The third kappa shape index (κ3) is 7.28. The van der Waals surface area contributed by atoms with Gasteiger partial charge in [0.1, 0.15) is 54.9 Å². The normalized spacial score (nSPS) is 53.6. The molecule has 0 bridgehead atoms. The first-order valence-electron chi connectivity index (χ1n) is 22.6. The Morgan fingerprint density at radius 2 is 1.41 bits per heavy atom. The van der Waals surface area contributed by atoms with Crippen molar-refractivity contribution in [2.45, 2.75) is 178 Å². The molecule has 18 heteroatoms. The fraction of sp³-hybridized carbons (Fsp3) is 0.867. The summed E-state index contributed by atoms with van der Waals surface area (Å²) in [6.07, 6.45) is -14.1. The summed E-state index contributed by atoms with van der Waals surface area (Å²) in [6, 6.07) is 0. The number of carboxylic acid groups (broad SMARTS) is 2. The summed E-state index contributed by atoms with van der Waals surface area (Å²) in [5.74, 6) is -2.33. The zero-order valence-corrected chi connectivity index (χ0v) is 36.5. The summed E-state index contributed by atoms with van der Waals surface area (Å²) in [4.78, 5) is 24.9. The van der Waals surface area contributed by atoms with Crippen LogP contribution < -0.4 is 0 Å². The van der Waals surface area contributed by atoms with Crippen molar-refractivity contribution in [2.75, 3.05) is 19.8 Å². The summed E-state index contributed by atoms with van der Waals surface area (Å²) in [6.45, 7) is 12.2. The minimum Gasteiger partial charge on any atom is -0.481 e. The molecule has 3 heterocycles. The maximum absolute atomic E-state index is 13.0. The van der Waals surface area contributed by atoms with Crippen LogP contribution in [0.2, 0.25) is 0 Å². The first-order chi connectivity index (χ1) is 29.6. The average molecular weight is 897 g/mol. The summed E-state index contributed by atoms with van der Waals surface area (Å²) in [5, 5.41) is 106. The van der Waals surface area contributed by atoms with Crippen LogP contribution in [0.3, 0.4) is 0 Å². The van der Waals surface area contributed by atoms with Gasteiger partial charge in [-0.2, -0.15) is 0 Å². The van der Waals surface area contributed by atoms with Crippen molar-refractivity contribution in [3.63, 3.8) is 0 Å². The van der Waals surface area contributed by atoms with Gasteiger partial charge in [-0.25, -0.2) is 4.79 Å². The van der Waals surface area contributed by atoms with E-state index in [1.807, 2.05) is 6.92 Å². The SMILES string of the molecule is C=C1CC[C@]2(C(=O)O)CC[C@]3(C)C(=CC[C@@H]4[C@@]5(C)CC[C@H](O[C@@H]6OC[C@H](O)[C@H](O[C@@H]7O[C@H](C(=O)O)[C@@H](O)[C@H](O)[C@H]7O)[C@H]6O[C@@H]6OC[C@H](O)[C@H](O)[C@H]6O)[C@@](C)(CO)C5CC[C@]43C)[C@@H]2C1. The van der Waals surface area contributed by atoms with Gasteiger partial charge < -0.3 is 79.5 Å². The van der Waals surface area contributed by atoms with Crippen LogP contribution in [-0.2, 0) is 38.0 Å². The molecule has 0 aromatic heterocycles. The van der Waals surface area contributed by atoms with Gasteiger partial charge in [0.15, 0.2) is 25.0 Å². The second-order valence-corrected chi connectivity index (χ2v) is 21.0. The first-order valence-corrected chi connectivity index (χ1v) is 22.6. The molecule has 1 unspecified atom stereocenters. The van der Waals surface area contributed by atoms with Crippen molar-refractivity contribution in [3.8, 4) is 0 Å². The predicted octanol–water partition coefficient (Wildman–Crippen LogP) is 0.579. The predicted molar refractivity (Wildman–Crippen MR) is 216 cm³/mol. The molecule has 0 amide bonds. The molecular formula is C45H68O18. The van der Waals surface area contributed by atoms with Gasteiger partial charge >= 0.3 is 11.9 Å². The van der Waals surface area contributed by atoms with Crippen LogP contribution in [0.25, 0.3) is 0 Å². The number of aliphatic hydroxyl groups is 8. The number of ether oxygens (including phenoxy) is 6. The van der Waals surface area contributed by atoms with Gasteiger partial charge in [-0.05, 0) is 92.3 Å². The van der Waals surface area contributed by atoms with Gasteiger partial charge in [-0.15, -0.1) is 0 Å². The van der Waals surface area contributed by atoms with E-state index >= 15 is 0 Å². The Hall–Kier alpha value is -2.14. The van der Waals surface area contributed by atoms with Gasteiger partial charge in [-0.1, -0.05) is 51.5 Å². The van der Waals surface area contributed by atoms with Crippen LogP contribution in [0, 0.1) is 44.8 Å². The number of hydrogen-bond donors (Lipinski definition) is 10. The lowest BCUT2D eigenvalue weighted by Gasteiger charge is -2.71. The molecule has 22 atom stereocenters. The Balaban J connectivity index is 1.08. The van der Waals surface area contributed by atoms with E-state index in [1.165, 1.54) is 5.57 Å². The highest BCUT2D eigenvalue weighted by Crippen LogP contribution is 2.75. The van der Waals surface area contributed by atoms with E-state index in [2.05, 4.69) is 33.4 Å². The maximum Gasteiger partial charge on any atom is 0.335 e. The molecule has 8 rings (SSSR count). The van der Waals surface area contributed by atoms with Gasteiger partial charge in [0, 0.05) is 11.3 Å². The fourth-order valence-corrected chi connectivity index (χ4v) is 14.1. The van der Waals surface area contributed by atoms with Crippen LogP contribution >= 0.6 is 0 Å². The number of fused-ring (bicyclic) bond motifs is 7. The Bertz CT molecular complexity index is 1790. The standard InChI is InChI=1S/C45H68O18/c1-20-8-13-45(40(56)57)15-14-43(4)21(22(45)16-20)6-7-26-41(2)11-10-27(42(3,19-46)25(41)9-12-44(26,43)5)60-39-35(63-37-31(52)28(49)23(47)17-58-37)33(24(48)18-59-39)61-38-32(53)29(50)30(51)34(62-38)36(54)55/h6,22-35,37-39,46-53H,1,7-19H2,2-5H3,(H,54,55)(H,56,57)/t22-,23-,24-,25?,26+,27-,28-,29-,30-,31+,32+,33-,34-,35+,37-,38+,39-,41-,42-,43+,44+,45-/m0/s1. The van der Waals surface area contributed by atoms with Gasteiger partial charge in [0.2, 0.25) is 0 Å². The quantitative estimate of drug-likeness (QED) is 0.112. The van der Waals surface area contributed by atoms with Gasteiger partial charge in [0.25, 0.3) is 0 Å². The molecule has 18 nitrogen and oxygen atoms in total. The molecule has 63 heavy (non-hydrogen) atoms. The molecule has 8 aliphatic rings. The van der Waals surface area contributed by atoms with E-state index in [1.54, 1.807) is 0 Å². The Kier molecular flexibility index (Phi) is 12.7. The average Bonchev–Trinajstić information content (AvgIpc) is 3.23. The lowest BCUT2D eigenvalue weighted by Crippen LogP contribution is -2.67. The number of aliphatic carboxylic acids is 2. The van der Waals surface area contributed by atoms with Crippen molar-refractivity contribution < 1.29 is 89.1 Å². The van der Waals surface area contributed by atoms with E-state index in [0.29, 0.717) is 32.1 Å². The Labute approximate surface area is 366 Å². The Morgan fingerprint density at radius 3 is 2.10 bits per heavy atom. The fourth-order valence-electron chi connectivity index (χ4n) is 14.1. The second kappa shape index (κ2) is 16.9. The largest absolute Gasteiger partial charge is 0.481 e. The van der Waals surface area contributed by atoms with Crippen molar-refractivity contribution in [1.82, 2.24) is 0 Å². The van der Waals surface area contributed by atoms with Crippen LogP contribution in [0.4, 0.5) is 0 Å². The smallest absolute Gasteiger partial charge is 0.335 e. The minimum absolute atomic E-state index is 0.0612. The van der Waals surface area contributed by atoms with E-state index in [-0.39, 0.29) is 40.6 Å². The summed E-state index contributed by atoms with van der Waals surface area (Å²) in [7, 11) is 0. The van der Waals surface area contributed by atoms with Crippen LogP contribution in [0.5, 0.6) is 0 Å². The second-order valence-electron chi connectivity index (χ2n) is 21.0. The zero-order chi connectivity index (χ0) is 45.8. The van der Waals surface area contributed by atoms with Gasteiger partial charge in [-0.3, -0.25) is 4.79 Å². The molecule has 3 saturated heterocycles. The summed E-state index contributed by atoms with van der Waals surface area (Å²) < 4.78 is 36.0. The number of allylic oxidation sites excluding steroid dienone is 3. The molecule has 5 aliphatic carbocycles. The third-order valence-electron chi connectivity index (χ3n) is 18.1. The van der Waals surface area contributed by atoms with Crippen molar-refractivity contribution >= 4 is 11.9 Å². The van der Waals surface area contributed by atoms with E-state index in [4.69, 9.17) is 28.4 Å². The minimum atomic E-state index is -2.02. The monoisotopic (exact) mass is 896 g/mol. The van der Waals surface area contributed by atoms with Crippen molar-refractivity contribution in [3.05, 3.63) is 23.8 Å².